The molecule has 0 radical (unpaired) electrons. The minimum Gasteiger partial charge on any atom is -0.496 e. The fraction of sp³-hybridized carbons (Fsp3) is 0.318. The van der Waals surface area contributed by atoms with Crippen molar-refractivity contribution < 1.29 is 27.5 Å². The lowest BCUT2D eigenvalue weighted by atomic mass is 10.2. The Morgan fingerprint density at radius 3 is 2.67 bits per heavy atom. The van der Waals surface area contributed by atoms with Crippen molar-refractivity contribution in [1.82, 2.24) is 20.4 Å². The summed E-state index contributed by atoms with van der Waals surface area (Å²) in [5.41, 5.74) is 5.90. The van der Waals surface area contributed by atoms with Crippen LogP contribution in [0.1, 0.15) is 28.7 Å². The van der Waals surface area contributed by atoms with E-state index in [-0.39, 0.29) is 36.9 Å². The normalized spacial score (nSPS) is 11.7. The van der Waals surface area contributed by atoms with Crippen molar-refractivity contribution in [1.29, 1.82) is 0 Å². The van der Waals surface area contributed by atoms with Gasteiger partial charge in [0.15, 0.2) is 0 Å². The summed E-state index contributed by atoms with van der Waals surface area (Å²) in [5.74, 6) is -0.544. The van der Waals surface area contributed by atoms with E-state index in [1.54, 1.807) is 37.3 Å². The van der Waals surface area contributed by atoms with Crippen molar-refractivity contribution in [2.45, 2.75) is 26.1 Å². The number of hydrogen-bond donors (Lipinski definition) is 3. The van der Waals surface area contributed by atoms with Crippen LogP contribution in [-0.2, 0) is 22.5 Å². The maximum atomic E-state index is 12.9. The highest BCUT2D eigenvalue weighted by molar-refractivity contribution is 5.93. The predicted molar refractivity (Wildman–Crippen MR) is 116 cm³/mol. The second kappa shape index (κ2) is 11.9. The number of alkyl halides is 3. The zero-order chi connectivity index (χ0) is 24.4. The molecule has 33 heavy (non-hydrogen) atoms. The number of allylic oxidation sites excluding steroid dienone is 2. The molecule has 0 atom stereocenters. The standard InChI is InChI=1S/C22H26F3N5O3/c1-3-6-18(33-4-2)14-28-21(32)19-10-16(11-22(23,24)25)29-30(19)17-8-5-7-15(9-17)13-27-20(31)12-26/h3,5-10H,1,4,11-14,26H2,2H3,(H,27,31)(H,28,32)/b18-6-. The minimum atomic E-state index is -4.49. The SMILES string of the molecule is C=C/C=C(/CNC(=O)c1cc(CC(F)(F)F)nn1-c1cccc(CNC(=O)CN)c1)OCC. The van der Waals surface area contributed by atoms with Gasteiger partial charge in [-0.1, -0.05) is 24.8 Å². The van der Waals surface area contributed by atoms with Crippen LogP contribution in [0.25, 0.3) is 5.69 Å². The number of carbonyl (C=O) groups excluding carboxylic acids is 2. The lowest BCUT2D eigenvalue weighted by Crippen LogP contribution is -2.29. The third kappa shape index (κ3) is 8.11. The van der Waals surface area contributed by atoms with Gasteiger partial charge < -0.3 is 21.1 Å². The van der Waals surface area contributed by atoms with Gasteiger partial charge in [-0.25, -0.2) is 4.68 Å². The second-order valence-electron chi connectivity index (χ2n) is 6.86. The molecule has 0 saturated carbocycles. The predicted octanol–water partition coefficient (Wildman–Crippen LogP) is 2.39. The number of halogens is 3. The number of amides is 2. The van der Waals surface area contributed by atoms with E-state index in [1.807, 2.05) is 0 Å². The Labute approximate surface area is 189 Å². The number of carbonyl (C=O) groups is 2. The summed E-state index contributed by atoms with van der Waals surface area (Å²) in [6.45, 7) is 5.73. The smallest absolute Gasteiger partial charge is 0.394 e. The molecule has 0 bridgehead atoms. The first-order valence-corrected chi connectivity index (χ1v) is 10.1. The molecule has 0 aliphatic carbocycles. The van der Waals surface area contributed by atoms with Crippen LogP contribution in [0.4, 0.5) is 13.2 Å². The van der Waals surface area contributed by atoms with Gasteiger partial charge in [0, 0.05) is 6.54 Å². The molecule has 0 saturated heterocycles. The summed E-state index contributed by atoms with van der Waals surface area (Å²) >= 11 is 0. The Balaban J connectivity index is 2.35. The topological polar surface area (TPSA) is 111 Å². The maximum absolute atomic E-state index is 12.9. The molecule has 2 amide bonds. The maximum Gasteiger partial charge on any atom is 0.394 e. The van der Waals surface area contributed by atoms with Crippen molar-refractivity contribution in [3.8, 4) is 5.69 Å². The van der Waals surface area contributed by atoms with E-state index in [2.05, 4.69) is 22.3 Å². The van der Waals surface area contributed by atoms with E-state index in [9.17, 15) is 22.8 Å². The van der Waals surface area contributed by atoms with Crippen LogP contribution in [0, 0.1) is 0 Å². The molecule has 178 valence electrons. The molecule has 1 aromatic carbocycles. The Kier molecular flexibility index (Phi) is 9.22. The number of ether oxygens (including phenoxy) is 1. The summed E-state index contributed by atoms with van der Waals surface area (Å²) in [6, 6.07) is 7.67. The van der Waals surface area contributed by atoms with E-state index in [0.29, 0.717) is 23.6 Å². The van der Waals surface area contributed by atoms with E-state index in [0.717, 1.165) is 10.7 Å². The van der Waals surface area contributed by atoms with Gasteiger partial charge in [0.2, 0.25) is 5.91 Å². The number of rotatable bonds is 11. The average molecular weight is 465 g/mol. The van der Waals surface area contributed by atoms with Crippen LogP contribution >= 0.6 is 0 Å². The Hall–Kier alpha value is -3.60. The zero-order valence-corrected chi connectivity index (χ0v) is 18.1. The molecule has 1 aromatic heterocycles. The zero-order valence-electron chi connectivity index (χ0n) is 18.1. The summed E-state index contributed by atoms with van der Waals surface area (Å²) in [7, 11) is 0. The first kappa shape index (κ1) is 25.7. The van der Waals surface area contributed by atoms with E-state index < -0.39 is 18.5 Å². The lowest BCUT2D eigenvalue weighted by molar-refractivity contribution is -0.128. The number of nitrogens with zero attached hydrogens (tertiary/aromatic N) is 2. The average Bonchev–Trinajstić information content (AvgIpc) is 3.18. The van der Waals surface area contributed by atoms with Gasteiger partial charge in [-0.2, -0.15) is 18.3 Å². The lowest BCUT2D eigenvalue weighted by Gasteiger charge is -2.12. The molecule has 4 N–H and O–H groups in total. The third-order valence-electron chi connectivity index (χ3n) is 4.26. The van der Waals surface area contributed by atoms with Crippen LogP contribution in [0.15, 0.2) is 54.8 Å². The monoisotopic (exact) mass is 465 g/mol. The second-order valence-corrected chi connectivity index (χ2v) is 6.86. The highest BCUT2D eigenvalue weighted by Crippen LogP contribution is 2.23. The Bertz CT molecular complexity index is 1010. The number of hydrogen-bond acceptors (Lipinski definition) is 5. The fourth-order valence-corrected chi connectivity index (χ4v) is 2.88. The van der Waals surface area contributed by atoms with E-state index in [4.69, 9.17) is 10.5 Å². The quantitative estimate of drug-likeness (QED) is 0.349. The number of nitrogens with two attached hydrogens (primary N) is 1. The Morgan fingerprint density at radius 2 is 2.03 bits per heavy atom. The van der Waals surface area contributed by atoms with Crippen molar-refractivity contribution in [3.63, 3.8) is 0 Å². The number of nitrogens with one attached hydrogen (secondary N) is 2. The fourth-order valence-electron chi connectivity index (χ4n) is 2.88. The molecule has 2 rings (SSSR count). The molecule has 0 aliphatic rings. The molecule has 8 nitrogen and oxygen atoms in total. The largest absolute Gasteiger partial charge is 0.496 e. The van der Waals surface area contributed by atoms with Gasteiger partial charge in [-0.15, -0.1) is 0 Å². The molecular formula is C22H26F3N5O3. The van der Waals surface area contributed by atoms with Gasteiger partial charge in [-0.3, -0.25) is 9.59 Å². The summed E-state index contributed by atoms with van der Waals surface area (Å²) in [5, 5.41) is 9.24. The molecule has 1 heterocycles. The van der Waals surface area contributed by atoms with Gasteiger partial charge in [0.25, 0.3) is 5.91 Å². The first-order valence-electron chi connectivity index (χ1n) is 10.1. The van der Waals surface area contributed by atoms with Crippen LogP contribution in [-0.4, -0.2) is 47.5 Å². The van der Waals surface area contributed by atoms with Crippen LogP contribution < -0.4 is 16.4 Å². The molecule has 11 heteroatoms. The molecule has 0 aliphatic heterocycles. The molecular weight excluding hydrogens is 439 g/mol. The number of aromatic nitrogens is 2. The molecule has 0 spiro atoms. The van der Waals surface area contributed by atoms with Crippen molar-refractivity contribution in [2.75, 3.05) is 19.7 Å². The summed E-state index contributed by atoms with van der Waals surface area (Å²) in [4.78, 5) is 24.2. The molecule has 0 fully saturated rings. The van der Waals surface area contributed by atoms with Gasteiger partial charge in [0.1, 0.15) is 11.5 Å². The highest BCUT2D eigenvalue weighted by atomic mass is 19.4. The minimum absolute atomic E-state index is 0.0175. The highest BCUT2D eigenvalue weighted by Gasteiger charge is 2.30. The van der Waals surface area contributed by atoms with Crippen LogP contribution in [0.3, 0.4) is 0 Å². The van der Waals surface area contributed by atoms with Gasteiger partial charge in [-0.05, 0) is 36.8 Å². The Morgan fingerprint density at radius 1 is 1.27 bits per heavy atom. The van der Waals surface area contributed by atoms with Crippen molar-refractivity contribution in [3.05, 3.63) is 71.8 Å². The van der Waals surface area contributed by atoms with Crippen molar-refractivity contribution in [2.24, 2.45) is 5.73 Å². The number of benzene rings is 1. The van der Waals surface area contributed by atoms with Crippen molar-refractivity contribution >= 4 is 11.8 Å². The molecule has 0 unspecified atom stereocenters. The van der Waals surface area contributed by atoms with Gasteiger partial charge >= 0.3 is 6.18 Å². The third-order valence-corrected chi connectivity index (χ3v) is 4.26. The van der Waals surface area contributed by atoms with E-state index in [1.165, 1.54) is 6.08 Å². The van der Waals surface area contributed by atoms with Gasteiger partial charge in [0.05, 0.1) is 37.5 Å². The summed E-state index contributed by atoms with van der Waals surface area (Å²) in [6.07, 6.45) is -2.70. The van der Waals surface area contributed by atoms with E-state index >= 15 is 0 Å². The first-order chi connectivity index (χ1) is 15.7. The molecule has 2 aromatic rings. The summed E-state index contributed by atoms with van der Waals surface area (Å²) < 4.78 is 45.4. The van der Waals surface area contributed by atoms with Crippen LogP contribution in [0.2, 0.25) is 0 Å². The van der Waals surface area contributed by atoms with Crippen LogP contribution in [0.5, 0.6) is 0 Å².